The molecule has 2 aliphatic rings. The van der Waals surface area contributed by atoms with Crippen LogP contribution in [0.4, 0.5) is 5.82 Å². The van der Waals surface area contributed by atoms with Gasteiger partial charge >= 0.3 is 0 Å². The summed E-state index contributed by atoms with van der Waals surface area (Å²) in [6, 6.07) is 4.64. The minimum Gasteiger partial charge on any atom is -0.354 e. The number of guanidine groups is 1. The molecule has 0 bridgehead atoms. The number of hydrogen-bond acceptors (Lipinski definition) is 4. The van der Waals surface area contributed by atoms with Crippen LogP contribution in [0, 0.1) is 5.92 Å². The van der Waals surface area contributed by atoms with E-state index in [1.165, 1.54) is 50.5 Å². The lowest BCUT2D eigenvalue weighted by atomic mass is 9.85. The zero-order valence-electron chi connectivity index (χ0n) is 18.7. The van der Waals surface area contributed by atoms with Gasteiger partial charge in [0.25, 0.3) is 0 Å². The molecule has 0 amide bonds. The number of aromatic nitrogens is 1. The highest BCUT2D eigenvalue weighted by molar-refractivity contribution is 5.80. The molecule has 1 saturated carbocycles. The highest BCUT2D eigenvalue weighted by Gasteiger charge is 2.18. The zero-order valence-corrected chi connectivity index (χ0v) is 18.7. The van der Waals surface area contributed by atoms with Crippen molar-refractivity contribution in [1.29, 1.82) is 0 Å². The van der Waals surface area contributed by atoms with Gasteiger partial charge in [0, 0.05) is 57.6 Å². The Balaban J connectivity index is 1.47. The molecule has 6 heteroatoms. The van der Waals surface area contributed by atoms with Crippen LogP contribution in [0.2, 0.25) is 0 Å². The fourth-order valence-electron chi connectivity index (χ4n) is 4.51. The molecule has 29 heavy (non-hydrogen) atoms. The number of pyridine rings is 1. The number of likely N-dealkylation sites (N-methyl/N-ethyl adjacent to an activating group) is 1. The summed E-state index contributed by atoms with van der Waals surface area (Å²) < 4.78 is 0. The van der Waals surface area contributed by atoms with Gasteiger partial charge in [-0.2, -0.15) is 0 Å². The molecule has 1 saturated heterocycles. The predicted octanol–water partition coefficient (Wildman–Crippen LogP) is 3.25. The van der Waals surface area contributed by atoms with Crippen molar-refractivity contribution in [2.45, 2.75) is 64.5 Å². The van der Waals surface area contributed by atoms with Gasteiger partial charge in [0.15, 0.2) is 5.96 Å². The summed E-state index contributed by atoms with van der Waals surface area (Å²) in [5, 5.41) is 7.08. The van der Waals surface area contributed by atoms with Crippen molar-refractivity contribution in [3.63, 3.8) is 0 Å². The second-order valence-corrected chi connectivity index (χ2v) is 8.83. The Hall–Kier alpha value is -1.82. The van der Waals surface area contributed by atoms with Gasteiger partial charge in [-0.1, -0.05) is 38.2 Å². The van der Waals surface area contributed by atoms with E-state index in [0.29, 0.717) is 6.04 Å². The molecule has 1 aliphatic carbocycles. The maximum atomic E-state index is 4.68. The summed E-state index contributed by atoms with van der Waals surface area (Å²) in [6.07, 6.45) is 11.6. The van der Waals surface area contributed by atoms with Crippen molar-refractivity contribution in [2.24, 2.45) is 10.9 Å². The van der Waals surface area contributed by atoms with Gasteiger partial charge in [-0.15, -0.1) is 0 Å². The lowest BCUT2D eigenvalue weighted by Gasteiger charge is -2.34. The van der Waals surface area contributed by atoms with Crippen molar-refractivity contribution < 1.29 is 0 Å². The van der Waals surface area contributed by atoms with Crippen LogP contribution >= 0.6 is 0 Å². The largest absolute Gasteiger partial charge is 0.354 e. The van der Waals surface area contributed by atoms with Gasteiger partial charge in [0.1, 0.15) is 5.82 Å². The highest BCUT2D eigenvalue weighted by atomic mass is 15.3. The number of rotatable bonds is 7. The van der Waals surface area contributed by atoms with E-state index in [1.807, 2.05) is 19.3 Å². The van der Waals surface area contributed by atoms with E-state index < -0.39 is 0 Å². The molecular formula is C23H40N6. The fraction of sp³-hybridized carbons (Fsp3) is 0.739. The minimum atomic E-state index is 0.439. The maximum absolute atomic E-state index is 4.68. The monoisotopic (exact) mass is 400 g/mol. The normalized spacial score (nSPS) is 20.5. The molecule has 1 atom stereocenters. The second kappa shape index (κ2) is 11.4. The van der Waals surface area contributed by atoms with E-state index in [4.69, 9.17) is 0 Å². The van der Waals surface area contributed by atoms with Crippen molar-refractivity contribution in [2.75, 3.05) is 45.2 Å². The van der Waals surface area contributed by atoms with Gasteiger partial charge < -0.3 is 20.4 Å². The molecule has 1 aromatic rings. The summed E-state index contributed by atoms with van der Waals surface area (Å²) >= 11 is 0. The first-order valence-electron chi connectivity index (χ1n) is 11.5. The summed E-state index contributed by atoms with van der Waals surface area (Å²) in [7, 11) is 4.04. The van der Waals surface area contributed by atoms with E-state index in [-0.39, 0.29) is 0 Å². The van der Waals surface area contributed by atoms with Crippen LogP contribution in [0.5, 0.6) is 0 Å². The summed E-state index contributed by atoms with van der Waals surface area (Å²) in [5.74, 6) is 2.92. The van der Waals surface area contributed by atoms with E-state index >= 15 is 0 Å². The summed E-state index contributed by atoms with van der Waals surface area (Å²) in [5.41, 5.74) is 1.23. The van der Waals surface area contributed by atoms with Gasteiger partial charge in [0.05, 0.1) is 0 Å². The SMILES string of the molecule is CN=C(NCc1cccnc1N1CCN(C)CC1)NC(C)CCC1CCCCC1. The summed E-state index contributed by atoms with van der Waals surface area (Å²) in [4.78, 5) is 13.9. The lowest BCUT2D eigenvalue weighted by Crippen LogP contribution is -2.45. The Morgan fingerprint density at radius 2 is 1.97 bits per heavy atom. The van der Waals surface area contributed by atoms with Crippen LogP contribution in [-0.4, -0.2) is 62.2 Å². The number of piperazine rings is 1. The highest BCUT2D eigenvalue weighted by Crippen LogP contribution is 2.27. The van der Waals surface area contributed by atoms with E-state index in [1.54, 1.807) is 0 Å². The molecule has 3 rings (SSSR count). The van der Waals surface area contributed by atoms with Crippen LogP contribution < -0.4 is 15.5 Å². The smallest absolute Gasteiger partial charge is 0.191 e. The van der Waals surface area contributed by atoms with Crippen LogP contribution in [0.15, 0.2) is 23.3 Å². The molecule has 162 valence electrons. The summed E-state index contributed by atoms with van der Waals surface area (Å²) in [6.45, 7) is 7.26. The number of nitrogens with zero attached hydrogens (tertiary/aromatic N) is 4. The van der Waals surface area contributed by atoms with E-state index in [0.717, 1.165) is 50.4 Å². The van der Waals surface area contributed by atoms with Crippen molar-refractivity contribution >= 4 is 11.8 Å². The molecular weight excluding hydrogens is 360 g/mol. The molecule has 1 aromatic heterocycles. The number of aliphatic imine (C=N–C) groups is 1. The van der Waals surface area contributed by atoms with Gasteiger partial charge in [-0.25, -0.2) is 4.98 Å². The number of anilines is 1. The second-order valence-electron chi connectivity index (χ2n) is 8.83. The lowest BCUT2D eigenvalue weighted by molar-refractivity contribution is 0.312. The third-order valence-corrected chi connectivity index (χ3v) is 6.46. The van der Waals surface area contributed by atoms with Crippen LogP contribution in [-0.2, 0) is 6.54 Å². The third-order valence-electron chi connectivity index (χ3n) is 6.46. The Bertz CT molecular complexity index is 632. The van der Waals surface area contributed by atoms with Crippen LogP contribution in [0.25, 0.3) is 0 Å². The topological polar surface area (TPSA) is 55.8 Å². The van der Waals surface area contributed by atoms with E-state index in [2.05, 4.69) is 50.4 Å². The zero-order chi connectivity index (χ0) is 20.5. The standard InChI is InChI=1S/C23H40N6/c1-19(11-12-20-8-5-4-6-9-20)27-23(24-2)26-18-21-10-7-13-25-22(21)29-16-14-28(3)15-17-29/h7,10,13,19-20H,4-6,8-9,11-12,14-18H2,1-3H3,(H2,24,26,27). The van der Waals surface area contributed by atoms with Crippen molar-refractivity contribution in [3.05, 3.63) is 23.9 Å². The number of nitrogens with one attached hydrogen (secondary N) is 2. The molecule has 1 unspecified atom stereocenters. The Labute approximate surface area is 177 Å². The first kappa shape index (κ1) is 21.9. The van der Waals surface area contributed by atoms with E-state index in [9.17, 15) is 0 Å². The molecule has 2 N–H and O–H groups in total. The molecule has 1 aliphatic heterocycles. The van der Waals surface area contributed by atoms with Crippen molar-refractivity contribution in [1.82, 2.24) is 20.5 Å². The fourth-order valence-corrected chi connectivity index (χ4v) is 4.51. The Morgan fingerprint density at radius 1 is 1.21 bits per heavy atom. The first-order chi connectivity index (χ1) is 14.2. The molecule has 6 nitrogen and oxygen atoms in total. The predicted molar refractivity (Wildman–Crippen MR) is 123 cm³/mol. The van der Waals surface area contributed by atoms with Gasteiger partial charge in [-0.3, -0.25) is 4.99 Å². The maximum Gasteiger partial charge on any atom is 0.191 e. The molecule has 2 heterocycles. The molecule has 0 spiro atoms. The van der Waals surface area contributed by atoms with Gasteiger partial charge in [-0.05, 0) is 38.8 Å². The average Bonchev–Trinajstić information content (AvgIpc) is 2.77. The minimum absolute atomic E-state index is 0.439. The number of hydrogen-bond donors (Lipinski definition) is 2. The Morgan fingerprint density at radius 3 is 2.69 bits per heavy atom. The molecule has 0 aromatic carbocycles. The van der Waals surface area contributed by atoms with Gasteiger partial charge in [0.2, 0.25) is 0 Å². The quantitative estimate of drug-likeness (QED) is 0.544. The van der Waals surface area contributed by atoms with Crippen molar-refractivity contribution in [3.8, 4) is 0 Å². The molecule has 2 fully saturated rings. The third kappa shape index (κ3) is 6.88. The van der Waals surface area contributed by atoms with Crippen LogP contribution in [0.3, 0.4) is 0 Å². The Kier molecular flexibility index (Phi) is 8.59. The molecule has 0 radical (unpaired) electrons. The van der Waals surface area contributed by atoms with Crippen LogP contribution in [0.1, 0.15) is 57.4 Å². The average molecular weight is 401 g/mol. The first-order valence-corrected chi connectivity index (χ1v) is 11.5.